The van der Waals surface area contributed by atoms with E-state index in [1.54, 1.807) is 0 Å². The Balaban J connectivity index is 0.00000108. The molecule has 1 aliphatic carbocycles. The largest absolute Gasteiger partial charge is 0.355 e. The summed E-state index contributed by atoms with van der Waals surface area (Å²) in [6.07, 6.45) is 7.04. The number of hydrogen-bond donors (Lipinski definition) is 1. The van der Waals surface area contributed by atoms with Gasteiger partial charge in [0.2, 0.25) is 0 Å². The van der Waals surface area contributed by atoms with Crippen LogP contribution >= 0.6 is 0 Å². The Morgan fingerprint density at radius 1 is 1.12 bits per heavy atom. The standard InChI is InChI=1S/C15H17N.H2/c1-15(2)11-7-3-5-9-13(11)16-14-10-6-4-8-12(14)15;/h3,5,7-10,16H,4,6H2,1-2H3;1H. The highest BCUT2D eigenvalue weighted by Gasteiger charge is 2.34. The van der Waals surface area contributed by atoms with Crippen LogP contribution in [0.1, 0.15) is 33.7 Å². The van der Waals surface area contributed by atoms with Crippen molar-refractivity contribution in [2.24, 2.45) is 0 Å². The fourth-order valence-corrected chi connectivity index (χ4v) is 2.81. The maximum atomic E-state index is 3.55. The predicted molar refractivity (Wildman–Crippen MR) is 70.6 cm³/mol. The molecular weight excluding hydrogens is 194 g/mol. The van der Waals surface area contributed by atoms with Gasteiger partial charge in [0.1, 0.15) is 0 Å². The molecule has 0 radical (unpaired) electrons. The molecule has 1 aromatic rings. The minimum absolute atomic E-state index is 0. The van der Waals surface area contributed by atoms with Crippen LogP contribution in [0, 0.1) is 0 Å². The zero-order valence-electron chi connectivity index (χ0n) is 9.88. The van der Waals surface area contributed by atoms with Crippen LogP contribution in [0.3, 0.4) is 0 Å². The molecule has 1 nitrogen and oxygen atoms in total. The van der Waals surface area contributed by atoms with Gasteiger partial charge in [0, 0.05) is 18.2 Å². The molecule has 1 heteroatoms. The van der Waals surface area contributed by atoms with E-state index in [2.05, 4.69) is 55.6 Å². The molecule has 2 aliphatic rings. The summed E-state index contributed by atoms with van der Waals surface area (Å²) < 4.78 is 0. The topological polar surface area (TPSA) is 12.0 Å². The zero-order valence-corrected chi connectivity index (χ0v) is 9.88. The van der Waals surface area contributed by atoms with Crippen LogP contribution in [0.15, 0.2) is 47.7 Å². The first kappa shape index (κ1) is 9.71. The minimum atomic E-state index is 0. The van der Waals surface area contributed by atoms with Crippen molar-refractivity contribution in [2.45, 2.75) is 32.1 Å². The summed E-state index contributed by atoms with van der Waals surface area (Å²) in [4.78, 5) is 0. The first-order chi connectivity index (χ1) is 7.69. The van der Waals surface area contributed by atoms with Gasteiger partial charge in [-0.1, -0.05) is 44.2 Å². The Labute approximate surface area is 98.4 Å². The fourth-order valence-electron chi connectivity index (χ4n) is 2.81. The summed E-state index contributed by atoms with van der Waals surface area (Å²) in [5, 5.41) is 3.55. The molecule has 1 heterocycles. The van der Waals surface area contributed by atoms with Gasteiger partial charge < -0.3 is 5.32 Å². The Morgan fingerprint density at radius 3 is 2.75 bits per heavy atom. The molecule has 0 bridgehead atoms. The molecule has 0 atom stereocenters. The Hall–Kier alpha value is -1.50. The molecule has 0 fully saturated rings. The first-order valence-electron chi connectivity index (χ1n) is 5.97. The lowest BCUT2D eigenvalue weighted by Crippen LogP contribution is -2.30. The van der Waals surface area contributed by atoms with Gasteiger partial charge in [-0.2, -0.15) is 0 Å². The minimum Gasteiger partial charge on any atom is -0.355 e. The second kappa shape index (κ2) is 3.24. The van der Waals surface area contributed by atoms with Crippen molar-refractivity contribution in [3.05, 3.63) is 53.3 Å². The van der Waals surface area contributed by atoms with Crippen molar-refractivity contribution in [3.63, 3.8) is 0 Å². The number of benzene rings is 1. The number of para-hydroxylation sites is 1. The second-order valence-corrected chi connectivity index (χ2v) is 5.11. The third-order valence-corrected chi connectivity index (χ3v) is 3.70. The van der Waals surface area contributed by atoms with Gasteiger partial charge in [0.15, 0.2) is 0 Å². The molecule has 0 saturated carbocycles. The molecule has 0 unspecified atom stereocenters. The van der Waals surface area contributed by atoms with Gasteiger partial charge in [-0.3, -0.25) is 0 Å². The number of hydrogen-bond acceptors (Lipinski definition) is 1. The van der Waals surface area contributed by atoms with Crippen LogP contribution < -0.4 is 5.32 Å². The van der Waals surface area contributed by atoms with E-state index in [0.717, 1.165) is 6.42 Å². The second-order valence-electron chi connectivity index (χ2n) is 5.11. The number of allylic oxidation sites excluding steroid dienone is 3. The lowest BCUT2D eigenvalue weighted by Gasteiger charge is -2.39. The summed E-state index contributed by atoms with van der Waals surface area (Å²) in [6.45, 7) is 4.63. The van der Waals surface area contributed by atoms with Gasteiger partial charge in [0.05, 0.1) is 0 Å². The number of fused-ring (bicyclic) bond motifs is 2. The highest BCUT2D eigenvalue weighted by molar-refractivity contribution is 5.69. The van der Waals surface area contributed by atoms with E-state index < -0.39 is 0 Å². The molecule has 16 heavy (non-hydrogen) atoms. The zero-order chi connectivity index (χ0) is 11.2. The van der Waals surface area contributed by atoms with Crippen LogP contribution in [0.25, 0.3) is 0 Å². The molecule has 1 aliphatic heterocycles. The molecule has 0 amide bonds. The van der Waals surface area contributed by atoms with Crippen LogP contribution in [0.5, 0.6) is 0 Å². The molecule has 84 valence electrons. The van der Waals surface area contributed by atoms with E-state index in [1.165, 1.54) is 28.9 Å². The maximum Gasteiger partial charge on any atom is 0.0425 e. The maximum absolute atomic E-state index is 3.55. The smallest absolute Gasteiger partial charge is 0.0425 e. The van der Waals surface area contributed by atoms with Gasteiger partial charge in [-0.25, -0.2) is 0 Å². The first-order valence-corrected chi connectivity index (χ1v) is 5.97. The lowest BCUT2D eigenvalue weighted by atomic mass is 9.71. The highest BCUT2D eigenvalue weighted by Crippen LogP contribution is 2.45. The van der Waals surface area contributed by atoms with Crippen LogP contribution in [0.2, 0.25) is 0 Å². The molecule has 3 rings (SSSR count). The normalized spacial score (nSPS) is 21.1. The van der Waals surface area contributed by atoms with Crippen molar-refractivity contribution in [1.82, 2.24) is 0 Å². The Morgan fingerprint density at radius 2 is 1.88 bits per heavy atom. The van der Waals surface area contributed by atoms with Gasteiger partial charge in [0.25, 0.3) is 0 Å². The quantitative estimate of drug-likeness (QED) is 0.679. The number of rotatable bonds is 0. The third kappa shape index (κ3) is 1.24. The number of anilines is 1. The number of nitrogens with one attached hydrogen (secondary N) is 1. The fraction of sp³-hybridized carbons (Fsp3) is 0.333. The average Bonchev–Trinajstić information content (AvgIpc) is 2.29. The molecular formula is C15H19N. The summed E-state index contributed by atoms with van der Waals surface area (Å²) in [6, 6.07) is 8.62. The van der Waals surface area contributed by atoms with E-state index >= 15 is 0 Å². The molecule has 0 saturated heterocycles. The molecule has 0 aromatic heterocycles. The van der Waals surface area contributed by atoms with Crippen LogP contribution in [-0.4, -0.2) is 0 Å². The Kier molecular flexibility index (Phi) is 1.97. The van der Waals surface area contributed by atoms with Crippen LogP contribution in [-0.2, 0) is 5.41 Å². The van der Waals surface area contributed by atoms with E-state index in [-0.39, 0.29) is 6.84 Å². The predicted octanol–water partition coefficient (Wildman–Crippen LogP) is 4.24. The van der Waals surface area contributed by atoms with E-state index in [1.807, 2.05) is 0 Å². The van der Waals surface area contributed by atoms with Gasteiger partial charge in [-0.05, 0) is 30.0 Å². The Bertz CT molecular complexity index is 497. The summed E-state index contributed by atoms with van der Waals surface area (Å²) >= 11 is 0. The van der Waals surface area contributed by atoms with Gasteiger partial charge >= 0.3 is 0 Å². The monoisotopic (exact) mass is 213 g/mol. The summed E-state index contributed by atoms with van der Waals surface area (Å²) in [5.41, 5.74) is 5.57. The van der Waals surface area contributed by atoms with E-state index in [4.69, 9.17) is 0 Å². The lowest BCUT2D eigenvalue weighted by molar-refractivity contribution is 0.613. The highest BCUT2D eigenvalue weighted by atomic mass is 14.9. The molecule has 0 spiro atoms. The van der Waals surface area contributed by atoms with Crippen molar-refractivity contribution in [2.75, 3.05) is 5.32 Å². The van der Waals surface area contributed by atoms with Crippen molar-refractivity contribution in [1.29, 1.82) is 0 Å². The summed E-state index contributed by atoms with van der Waals surface area (Å²) in [5.74, 6) is 0. The van der Waals surface area contributed by atoms with Crippen molar-refractivity contribution >= 4 is 5.69 Å². The van der Waals surface area contributed by atoms with Crippen molar-refractivity contribution < 1.29 is 1.43 Å². The van der Waals surface area contributed by atoms with Gasteiger partial charge in [-0.15, -0.1) is 0 Å². The average molecular weight is 213 g/mol. The SMILES string of the molecule is CC1(C)C2=CCCC=C2Nc2ccccc21.[HH]. The molecule has 1 N–H and O–H groups in total. The summed E-state index contributed by atoms with van der Waals surface area (Å²) in [7, 11) is 0. The van der Waals surface area contributed by atoms with E-state index in [0.29, 0.717) is 0 Å². The van der Waals surface area contributed by atoms with E-state index in [9.17, 15) is 0 Å². The third-order valence-electron chi connectivity index (χ3n) is 3.70. The molecule has 1 aromatic carbocycles. The van der Waals surface area contributed by atoms with Crippen LogP contribution in [0.4, 0.5) is 5.69 Å². The van der Waals surface area contributed by atoms with Crippen molar-refractivity contribution in [3.8, 4) is 0 Å².